The molecule has 1 aromatic rings. The number of hydrogen-bond donors (Lipinski definition) is 1. The van der Waals surface area contributed by atoms with Crippen molar-refractivity contribution in [1.29, 1.82) is 0 Å². The Morgan fingerprint density at radius 3 is 3.11 bits per heavy atom. The van der Waals surface area contributed by atoms with Crippen LogP contribution < -0.4 is 0 Å². The Balaban J connectivity index is 1.71. The molecule has 5 heteroatoms. The van der Waals surface area contributed by atoms with Crippen LogP contribution in [0.15, 0.2) is 0 Å². The number of rotatable bonds is 4. The van der Waals surface area contributed by atoms with Crippen molar-refractivity contribution in [2.75, 3.05) is 19.8 Å². The highest BCUT2D eigenvalue weighted by molar-refractivity contribution is 5.77. The fourth-order valence-electron chi connectivity index (χ4n) is 2.51. The fourth-order valence-corrected chi connectivity index (χ4v) is 2.51. The number of carbonyl (C=O) groups excluding carboxylic acids is 1. The molecular weight excluding hydrogens is 230 g/mol. The van der Waals surface area contributed by atoms with Gasteiger partial charge in [0.1, 0.15) is 6.61 Å². The van der Waals surface area contributed by atoms with Gasteiger partial charge in [-0.3, -0.25) is 9.89 Å². The number of hydrogen-bond acceptors (Lipinski definition) is 3. The molecule has 1 N–H and O–H groups in total. The van der Waals surface area contributed by atoms with Gasteiger partial charge in [0.25, 0.3) is 0 Å². The lowest BCUT2D eigenvalue weighted by molar-refractivity contribution is -0.136. The Morgan fingerprint density at radius 1 is 1.56 bits per heavy atom. The first kappa shape index (κ1) is 11.7. The summed E-state index contributed by atoms with van der Waals surface area (Å²) in [6.07, 6.45) is 3.36. The van der Waals surface area contributed by atoms with Crippen molar-refractivity contribution in [2.24, 2.45) is 0 Å². The maximum absolute atomic E-state index is 12.0. The van der Waals surface area contributed by atoms with Gasteiger partial charge in [0, 0.05) is 43.3 Å². The van der Waals surface area contributed by atoms with Crippen LogP contribution in [0.4, 0.5) is 0 Å². The molecule has 0 bridgehead atoms. The molecule has 1 fully saturated rings. The highest BCUT2D eigenvalue weighted by atomic mass is 16.5. The Morgan fingerprint density at radius 2 is 2.39 bits per heavy atom. The van der Waals surface area contributed by atoms with Crippen molar-refractivity contribution in [3.63, 3.8) is 0 Å². The van der Waals surface area contributed by atoms with Crippen molar-refractivity contribution < 1.29 is 9.53 Å². The molecule has 0 atom stereocenters. The van der Waals surface area contributed by atoms with Crippen molar-refractivity contribution in [3.05, 3.63) is 17.0 Å². The van der Waals surface area contributed by atoms with Gasteiger partial charge < -0.3 is 9.64 Å². The molecule has 1 aliphatic carbocycles. The molecule has 0 saturated heterocycles. The third-order valence-corrected chi connectivity index (χ3v) is 3.71. The van der Waals surface area contributed by atoms with Gasteiger partial charge in [-0.05, 0) is 19.8 Å². The van der Waals surface area contributed by atoms with Crippen LogP contribution >= 0.6 is 0 Å². The highest BCUT2D eigenvalue weighted by Gasteiger charge is 2.33. The molecule has 1 aromatic heterocycles. The Hall–Kier alpha value is -1.36. The summed E-state index contributed by atoms with van der Waals surface area (Å²) < 4.78 is 5.19. The molecule has 5 nitrogen and oxygen atoms in total. The van der Waals surface area contributed by atoms with E-state index in [9.17, 15) is 4.79 Å². The molecule has 0 aromatic carbocycles. The molecule has 1 aliphatic heterocycles. The second kappa shape index (κ2) is 4.72. The van der Waals surface area contributed by atoms with Crippen molar-refractivity contribution in [2.45, 2.75) is 38.6 Å². The minimum atomic E-state index is 0.0884. The lowest BCUT2D eigenvalue weighted by atomic mass is 10.0. The Kier molecular flexibility index (Phi) is 3.07. The van der Waals surface area contributed by atoms with Crippen molar-refractivity contribution >= 4 is 5.91 Å². The van der Waals surface area contributed by atoms with Gasteiger partial charge >= 0.3 is 0 Å². The van der Waals surface area contributed by atoms with Gasteiger partial charge in [-0.15, -0.1) is 0 Å². The standard InChI is InChI=1S/C13H19N3O2/c1-2-18-8-12(17)16-6-5-11-10(7-16)13(15-14-11)9-3-4-9/h9H,2-8H2,1H3,(H,14,15). The predicted octanol–water partition coefficient (Wildman–Crippen LogP) is 1.21. The predicted molar refractivity (Wildman–Crippen MR) is 66.2 cm³/mol. The lowest BCUT2D eigenvalue weighted by Crippen LogP contribution is -2.38. The number of aromatic amines is 1. The molecule has 0 unspecified atom stereocenters. The number of ether oxygens (including phenoxy) is 1. The molecule has 0 spiro atoms. The van der Waals surface area contributed by atoms with Crippen LogP contribution in [0.5, 0.6) is 0 Å². The zero-order chi connectivity index (χ0) is 12.5. The summed E-state index contributed by atoms with van der Waals surface area (Å²) in [7, 11) is 0. The first-order valence-corrected chi connectivity index (χ1v) is 6.71. The minimum absolute atomic E-state index is 0.0884. The topological polar surface area (TPSA) is 58.2 Å². The summed E-state index contributed by atoms with van der Waals surface area (Å²) in [5, 5.41) is 7.55. The second-order valence-corrected chi connectivity index (χ2v) is 5.04. The summed E-state index contributed by atoms with van der Waals surface area (Å²) in [6.45, 7) is 4.16. The molecule has 2 aliphatic rings. The Labute approximate surface area is 107 Å². The average Bonchev–Trinajstić information content (AvgIpc) is 3.15. The maximum Gasteiger partial charge on any atom is 0.248 e. The van der Waals surface area contributed by atoms with Crippen LogP contribution in [0, 0.1) is 0 Å². The molecule has 2 heterocycles. The number of carbonyl (C=O) groups is 1. The molecule has 3 rings (SSSR count). The number of H-pyrrole nitrogens is 1. The van der Waals surface area contributed by atoms with E-state index < -0.39 is 0 Å². The van der Waals surface area contributed by atoms with E-state index in [0.717, 1.165) is 13.0 Å². The molecule has 1 amide bonds. The summed E-state index contributed by atoms with van der Waals surface area (Å²) >= 11 is 0. The number of nitrogens with one attached hydrogen (secondary N) is 1. The van der Waals surface area contributed by atoms with Crippen LogP contribution in [-0.4, -0.2) is 40.8 Å². The second-order valence-electron chi connectivity index (χ2n) is 5.04. The zero-order valence-electron chi connectivity index (χ0n) is 10.7. The minimum Gasteiger partial charge on any atom is -0.372 e. The van der Waals surface area contributed by atoms with Gasteiger partial charge in [0.05, 0.1) is 5.69 Å². The van der Waals surface area contributed by atoms with E-state index >= 15 is 0 Å². The SMILES string of the molecule is CCOCC(=O)N1CCc2[nH]nc(C3CC3)c2C1. The van der Waals surface area contributed by atoms with E-state index in [4.69, 9.17) is 4.74 Å². The van der Waals surface area contributed by atoms with E-state index in [2.05, 4.69) is 10.2 Å². The summed E-state index contributed by atoms with van der Waals surface area (Å²) in [5.41, 5.74) is 3.67. The van der Waals surface area contributed by atoms with E-state index in [0.29, 0.717) is 19.1 Å². The first-order valence-electron chi connectivity index (χ1n) is 6.71. The van der Waals surface area contributed by atoms with Gasteiger partial charge in [-0.25, -0.2) is 0 Å². The van der Waals surface area contributed by atoms with Crippen LogP contribution in [0.3, 0.4) is 0 Å². The molecule has 0 radical (unpaired) electrons. The lowest BCUT2D eigenvalue weighted by Gasteiger charge is -2.27. The molecule has 98 valence electrons. The van der Waals surface area contributed by atoms with Gasteiger partial charge in [0.2, 0.25) is 5.91 Å². The largest absolute Gasteiger partial charge is 0.372 e. The van der Waals surface area contributed by atoms with E-state index in [1.165, 1.54) is 29.8 Å². The normalized spacial score (nSPS) is 18.8. The number of amides is 1. The smallest absolute Gasteiger partial charge is 0.248 e. The third-order valence-electron chi connectivity index (χ3n) is 3.71. The third kappa shape index (κ3) is 2.14. The zero-order valence-corrected chi connectivity index (χ0v) is 10.7. The monoisotopic (exact) mass is 249 g/mol. The van der Waals surface area contributed by atoms with Crippen molar-refractivity contribution in [1.82, 2.24) is 15.1 Å². The molecule has 18 heavy (non-hydrogen) atoms. The number of nitrogens with zero attached hydrogens (tertiary/aromatic N) is 2. The van der Waals surface area contributed by atoms with Gasteiger partial charge in [-0.1, -0.05) is 0 Å². The summed E-state index contributed by atoms with van der Waals surface area (Å²) in [4.78, 5) is 13.8. The number of fused-ring (bicyclic) bond motifs is 1. The Bertz CT molecular complexity index is 451. The van der Waals surface area contributed by atoms with Crippen LogP contribution in [-0.2, 0) is 22.5 Å². The van der Waals surface area contributed by atoms with Crippen LogP contribution in [0.25, 0.3) is 0 Å². The average molecular weight is 249 g/mol. The first-order chi connectivity index (χ1) is 8.79. The van der Waals surface area contributed by atoms with Crippen molar-refractivity contribution in [3.8, 4) is 0 Å². The molecular formula is C13H19N3O2. The van der Waals surface area contributed by atoms with E-state index in [1.54, 1.807) is 0 Å². The van der Waals surface area contributed by atoms with Gasteiger partial charge in [0.15, 0.2) is 0 Å². The highest BCUT2D eigenvalue weighted by Crippen LogP contribution is 2.42. The summed E-state index contributed by atoms with van der Waals surface area (Å²) in [6, 6.07) is 0. The van der Waals surface area contributed by atoms with Crippen LogP contribution in [0.2, 0.25) is 0 Å². The quantitative estimate of drug-likeness (QED) is 0.872. The summed E-state index contributed by atoms with van der Waals surface area (Å²) in [5.74, 6) is 0.720. The van der Waals surface area contributed by atoms with Gasteiger partial charge in [-0.2, -0.15) is 5.10 Å². The maximum atomic E-state index is 12.0. The fraction of sp³-hybridized carbons (Fsp3) is 0.692. The number of aromatic nitrogens is 2. The molecule has 1 saturated carbocycles. The van der Waals surface area contributed by atoms with E-state index in [1.807, 2.05) is 11.8 Å². The van der Waals surface area contributed by atoms with E-state index in [-0.39, 0.29) is 12.5 Å². The van der Waals surface area contributed by atoms with Crippen LogP contribution in [0.1, 0.15) is 42.6 Å².